The van der Waals surface area contributed by atoms with Crippen molar-refractivity contribution in [3.05, 3.63) is 59.9 Å². The largest absolute Gasteiger partial charge is 0.337 e. The molecule has 1 aromatic carbocycles. The van der Waals surface area contributed by atoms with Crippen molar-refractivity contribution in [3.8, 4) is 0 Å². The van der Waals surface area contributed by atoms with Crippen LogP contribution in [0.4, 0.5) is 5.69 Å². The molecule has 2 aromatic rings. The van der Waals surface area contributed by atoms with Crippen LogP contribution < -0.4 is 4.90 Å². The number of hydrogen-bond acceptors (Lipinski definition) is 3. The van der Waals surface area contributed by atoms with E-state index in [1.807, 2.05) is 56.3 Å². The van der Waals surface area contributed by atoms with E-state index in [0.717, 1.165) is 16.9 Å². The minimum absolute atomic E-state index is 0.0142. The summed E-state index contributed by atoms with van der Waals surface area (Å²) in [6, 6.07) is 13.5. The number of carbonyl (C=O) groups excluding carboxylic acids is 2. The average molecular weight is 339 g/mol. The average Bonchev–Trinajstić information content (AvgIpc) is 2.60. The zero-order chi connectivity index (χ0) is 18.2. The second-order valence-electron chi connectivity index (χ2n) is 5.99. The molecule has 132 valence electrons. The van der Waals surface area contributed by atoms with Crippen molar-refractivity contribution >= 4 is 17.5 Å². The maximum absolute atomic E-state index is 12.6. The van der Waals surface area contributed by atoms with E-state index in [4.69, 9.17) is 0 Å². The third-order valence-corrected chi connectivity index (χ3v) is 4.05. The minimum atomic E-state index is -0.0583. The predicted molar refractivity (Wildman–Crippen MR) is 99.2 cm³/mol. The molecule has 0 saturated carbocycles. The Morgan fingerprint density at radius 3 is 2.52 bits per heavy atom. The molecule has 1 heterocycles. The van der Waals surface area contributed by atoms with Crippen molar-refractivity contribution in [2.24, 2.45) is 0 Å². The molecule has 0 aliphatic carbocycles. The highest BCUT2D eigenvalue weighted by Gasteiger charge is 2.17. The zero-order valence-corrected chi connectivity index (χ0v) is 15.1. The van der Waals surface area contributed by atoms with E-state index in [0.29, 0.717) is 19.6 Å². The van der Waals surface area contributed by atoms with Gasteiger partial charge in [-0.1, -0.05) is 18.2 Å². The molecule has 0 aliphatic rings. The second kappa shape index (κ2) is 8.97. The molecular weight excluding hydrogens is 314 g/mol. The summed E-state index contributed by atoms with van der Waals surface area (Å²) in [6.45, 7) is 6.88. The standard InChI is InChI=1S/C20H25N3O2/c1-4-23(19-10-7-8-16(2)14-19)20(25)11-13-22(17(3)24)15-18-9-5-6-12-21-18/h5-10,12,14H,4,11,13,15H2,1-3H3. The van der Waals surface area contributed by atoms with Gasteiger partial charge in [0.15, 0.2) is 0 Å². The molecule has 0 unspecified atom stereocenters. The van der Waals surface area contributed by atoms with Crippen LogP contribution in [0.5, 0.6) is 0 Å². The molecule has 0 fully saturated rings. The maximum atomic E-state index is 12.6. The fourth-order valence-corrected chi connectivity index (χ4v) is 2.70. The molecule has 0 atom stereocenters. The van der Waals surface area contributed by atoms with Gasteiger partial charge in [-0.3, -0.25) is 14.6 Å². The first kappa shape index (κ1) is 18.6. The van der Waals surface area contributed by atoms with Gasteiger partial charge in [0.1, 0.15) is 0 Å². The van der Waals surface area contributed by atoms with E-state index in [9.17, 15) is 9.59 Å². The molecule has 0 spiro atoms. The van der Waals surface area contributed by atoms with Gasteiger partial charge >= 0.3 is 0 Å². The Kier molecular flexibility index (Phi) is 6.69. The highest BCUT2D eigenvalue weighted by Crippen LogP contribution is 2.17. The summed E-state index contributed by atoms with van der Waals surface area (Å²) in [7, 11) is 0. The summed E-state index contributed by atoms with van der Waals surface area (Å²) in [5.41, 5.74) is 2.83. The molecule has 5 nitrogen and oxygen atoms in total. The predicted octanol–water partition coefficient (Wildman–Crippen LogP) is 3.18. The van der Waals surface area contributed by atoms with E-state index in [1.54, 1.807) is 16.0 Å². The van der Waals surface area contributed by atoms with Gasteiger partial charge in [0.2, 0.25) is 11.8 Å². The van der Waals surface area contributed by atoms with Crippen molar-refractivity contribution in [1.82, 2.24) is 9.88 Å². The number of pyridine rings is 1. The third kappa shape index (κ3) is 5.41. The second-order valence-corrected chi connectivity index (χ2v) is 5.99. The van der Waals surface area contributed by atoms with Crippen LogP contribution in [0.15, 0.2) is 48.7 Å². The van der Waals surface area contributed by atoms with Gasteiger partial charge in [0.05, 0.1) is 12.2 Å². The summed E-state index contributed by atoms with van der Waals surface area (Å²) in [5, 5.41) is 0. The SMILES string of the molecule is CCN(C(=O)CCN(Cc1ccccn1)C(C)=O)c1cccc(C)c1. The van der Waals surface area contributed by atoms with E-state index >= 15 is 0 Å². The summed E-state index contributed by atoms with van der Waals surface area (Å²) >= 11 is 0. The van der Waals surface area contributed by atoms with Gasteiger partial charge < -0.3 is 9.80 Å². The van der Waals surface area contributed by atoms with Gasteiger partial charge in [-0.2, -0.15) is 0 Å². The van der Waals surface area contributed by atoms with Crippen LogP contribution in [0, 0.1) is 6.92 Å². The molecule has 25 heavy (non-hydrogen) atoms. The fourth-order valence-electron chi connectivity index (χ4n) is 2.70. The molecule has 0 aliphatic heterocycles. The number of carbonyl (C=O) groups is 2. The van der Waals surface area contributed by atoms with E-state index < -0.39 is 0 Å². The number of aromatic nitrogens is 1. The van der Waals surface area contributed by atoms with Crippen molar-refractivity contribution < 1.29 is 9.59 Å². The van der Waals surface area contributed by atoms with Crippen molar-refractivity contribution in [3.63, 3.8) is 0 Å². The number of anilines is 1. The Bertz CT molecular complexity index is 716. The first-order valence-electron chi connectivity index (χ1n) is 8.53. The van der Waals surface area contributed by atoms with Gasteiger partial charge in [0.25, 0.3) is 0 Å². The topological polar surface area (TPSA) is 53.5 Å². The third-order valence-electron chi connectivity index (χ3n) is 4.05. The summed E-state index contributed by atoms with van der Waals surface area (Å²) < 4.78 is 0. The molecule has 0 bridgehead atoms. The molecule has 0 saturated heterocycles. The normalized spacial score (nSPS) is 10.4. The molecule has 2 rings (SSSR count). The minimum Gasteiger partial charge on any atom is -0.337 e. The van der Waals surface area contributed by atoms with Crippen molar-refractivity contribution in [2.75, 3.05) is 18.0 Å². The Labute approximate surface area is 149 Å². The Balaban J connectivity index is 2.01. The van der Waals surface area contributed by atoms with Gasteiger partial charge in [-0.25, -0.2) is 0 Å². The number of benzene rings is 1. The lowest BCUT2D eigenvalue weighted by Crippen LogP contribution is -2.36. The van der Waals surface area contributed by atoms with Crippen LogP contribution in [0.25, 0.3) is 0 Å². The molecule has 1 aromatic heterocycles. The number of hydrogen-bond donors (Lipinski definition) is 0. The quantitative estimate of drug-likeness (QED) is 0.778. The lowest BCUT2D eigenvalue weighted by Gasteiger charge is -2.24. The van der Waals surface area contributed by atoms with Gasteiger partial charge in [0, 0.05) is 38.3 Å². The van der Waals surface area contributed by atoms with E-state index in [-0.39, 0.29) is 18.2 Å². The number of aryl methyl sites for hydroxylation is 1. The zero-order valence-electron chi connectivity index (χ0n) is 15.1. The van der Waals surface area contributed by atoms with Gasteiger partial charge in [-0.05, 0) is 43.7 Å². The Morgan fingerprint density at radius 2 is 1.92 bits per heavy atom. The molecule has 0 N–H and O–H groups in total. The molecular formula is C20H25N3O2. The van der Waals surface area contributed by atoms with Gasteiger partial charge in [-0.15, -0.1) is 0 Å². The monoisotopic (exact) mass is 339 g/mol. The smallest absolute Gasteiger partial charge is 0.228 e. The van der Waals surface area contributed by atoms with Crippen molar-refractivity contribution in [2.45, 2.75) is 33.7 Å². The van der Waals surface area contributed by atoms with Crippen LogP contribution >= 0.6 is 0 Å². The van der Waals surface area contributed by atoms with E-state index in [2.05, 4.69) is 4.98 Å². The van der Waals surface area contributed by atoms with Crippen LogP contribution in [0.2, 0.25) is 0 Å². The first-order valence-corrected chi connectivity index (χ1v) is 8.53. The Morgan fingerprint density at radius 1 is 1.12 bits per heavy atom. The van der Waals surface area contributed by atoms with Crippen LogP contribution in [-0.2, 0) is 16.1 Å². The molecule has 5 heteroatoms. The highest BCUT2D eigenvalue weighted by atomic mass is 16.2. The van der Waals surface area contributed by atoms with Crippen LogP contribution in [-0.4, -0.2) is 34.8 Å². The first-order chi connectivity index (χ1) is 12.0. The number of nitrogens with zero attached hydrogens (tertiary/aromatic N) is 3. The van der Waals surface area contributed by atoms with Crippen LogP contribution in [0.1, 0.15) is 31.5 Å². The van der Waals surface area contributed by atoms with E-state index in [1.165, 1.54) is 6.92 Å². The summed E-state index contributed by atoms with van der Waals surface area (Å²) in [4.78, 5) is 32.2. The number of amides is 2. The Hall–Kier alpha value is -2.69. The molecule has 0 radical (unpaired) electrons. The maximum Gasteiger partial charge on any atom is 0.228 e. The highest BCUT2D eigenvalue weighted by molar-refractivity contribution is 5.93. The lowest BCUT2D eigenvalue weighted by atomic mass is 10.2. The summed E-state index contributed by atoms with van der Waals surface area (Å²) in [6.07, 6.45) is 1.99. The van der Waals surface area contributed by atoms with Crippen molar-refractivity contribution in [1.29, 1.82) is 0 Å². The number of rotatable bonds is 7. The van der Waals surface area contributed by atoms with Crippen LogP contribution in [0.3, 0.4) is 0 Å². The fraction of sp³-hybridized carbons (Fsp3) is 0.350. The lowest BCUT2D eigenvalue weighted by molar-refractivity contribution is -0.130. The summed E-state index contributed by atoms with van der Waals surface area (Å²) in [5.74, 6) is -0.0440. The molecule has 2 amide bonds.